The molecule has 34 heavy (non-hydrogen) atoms. The Hall–Kier alpha value is -2.02. The minimum Gasteiger partial charge on any atom is -0.342 e. The molecular weight excluding hydrogens is 410 g/mol. The normalized spacial score (nSPS) is 26.7. The molecule has 0 radical (unpaired) electrons. The van der Waals surface area contributed by atoms with E-state index >= 15 is 0 Å². The van der Waals surface area contributed by atoms with Crippen LogP contribution in [0.3, 0.4) is 0 Å². The largest absolute Gasteiger partial charge is 0.342 e. The van der Waals surface area contributed by atoms with E-state index in [1.807, 2.05) is 0 Å². The second-order valence-corrected chi connectivity index (χ2v) is 10.3. The molecule has 0 fully saturated rings. The van der Waals surface area contributed by atoms with Gasteiger partial charge in [-0.3, -0.25) is 0 Å². The zero-order chi connectivity index (χ0) is 25.1. The maximum Gasteiger partial charge on any atom is 0.0407 e. The van der Waals surface area contributed by atoms with Gasteiger partial charge in [0.15, 0.2) is 0 Å². The summed E-state index contributed by atoms with van der Waals surface area (Å²) in [6, 6.07) is 0.389. The molecule has 0 spiro atoms. The van der Waals surface area contributed by atoms with Crippen molar-refractivity contribution in [3.63, 3.8) is 0 Å². The summed E-state index contributed by atoms with van der Waals surface area (Å²) in [5.74, 6) is 3.44. The minimum atomic E-state index is 0.389. The maximum absolute atomic E-state index is 2.58. The Bertz CT molecular complexity index is 831. The van der Waals surface area contributed by atoms with Gasteiger partial charge in [-0.15, -0.1) is 0 Å². The fourth-order valence-electron chi connectivity index (χ4n) is 6.16. The minimum absolute atomic E-state index is 0.389. The van der Waals surface area contributed by atoms with Crippen LogP contribution in [-0.4, -0.2) is 10.9 Å². The molecule has 0 amide bonds. The van der Waals surface area contributed by atoms with E-state index in [1.165, 1.54) is 37.1 Å². The van der Waals surface area contributed by atoms with Gasteiger partial charge in [-0.05, 0) is 108 Å². The van der Waals surface area contributed by atoms with Crippen LogP contribution in [0.4, 0.5) is 0 Å². The maximum atomic E-state index is 2.58. The SMILES string of the molecule is C\C=C/C=C(\C=C/C)N(C1=CC=C(C(CC)C2C(CC)C=CC[C@@H]2C)CC1)C(C)C(C)/C=C/C. The van der Waals surface area contributed by atoms with Crippen molar-refractivity contribution in [1.82, 2.24) is 4.90 Å². The summed E-state index contributed by atoms with van der Waals surface area (Å²) in [5.41, 5.74) is 4.40. The van der Waals surface area contributed by atoms with E-state index in [1.54, 1.807) is 5.57 Å². The molecule has 0 aromatic heterocycles. The highest BCUT2D eigenvalue weighted by molar-refractivity contribution is 5.33. The smallest absolute Gasteiger partial charge is 0.0407 e. The fourth-order valence-corrected chi connectivity index (χ4v) is 6.16. The van der Waals surface area contributed by atoms with Crippen LogP contribution in [-0.2, 0) is 0 Å². The van der Waals surface area contributed by atoms with Crippen LogP contribution in [0.5, 0.6) is 0 Å². The molecule has 0 saturated heterocycles. The molecule has 2 aliphatic carbocycles. The van der Waals surface area contributed by atoms with Crippen LogP contribution in [0.25, 0.3) is 0 Å². The van der Waals surface area contributed by atoms with Crippen molar-refractivity contribution < 1.29 is 0 Å². The third-order valence-electron chi connectivity index (χ3n) is 8.10. The third kappa shape index (κ3) is 7.00. The van der Waals surface area contributed by atoms with Crippen molar-refractivity contribution in [2.24, 2.45) is 29.6 Å². The average molecular weight is 462 g/mol. The molecule has 2 rings (SSSR count). The summed E-state index contributed by atoms with van der Waals surface area (Å²) in [6.45, 7) is 18.3. The van der Waals surface area contributed by atoms with Crippen molar-refractivity contribution in [3.05, 3.63) is 83.8 Å². The second-order valence-electron chi connectivity index (χ2n) is 10.3. The van der Waals surface area contributed by atoms with Gasteiger partial charge in [0.1, 0.15) is 0 Å². The highest BCUT2D eigenvalue weighted by atomic mass is 15.2. The number of hydrogen-bond acceptors (Lipinski definition) is 1. The van der Waals surface area contributed by atoms with Gasteiger partial charge in [-0.1, -0.05) is 81.9 Å². The van der Waals surface area contributed by atoms with Gasteiger partial charge >= 0.3 is 0 Å². The number of rotatable bonds is 11. The Morgan fingerprint density at radius 2 is 1.82 bits per heavy atom. The average Bonchev–Trinajstić information content (AvgIpc) is 2.84. The third-order valence-corrected chi connectivity index (χ3v) is 8.10. The summed E-state index contributed by atoms with van der Waals surface area (Å²) >= 11 is 0. The first kappa shape index (κ1) is 28.2. The van der Waals surface area contributed by atoms with E-state index in [2.05, 4.69) is 127 Å². The molecule has 1 heteroatoms. The van der Waals surface area contributed by atoms with Gasteiger partial charge < -0.3 is 4.90 Å². The van der Waals surface area contributed by atoms with Crippen LogP contribution < -0.4 is 0 Å². The number of hydrogen-bond donors (Lipinski definition) is 0. The predicted octanol–water partition coefficient (Wildman–Crippen LogP) is 9.79. The zero-order valence-corrected chi connectivity index (χ0v) is 23.3. The standard InChI is InChI=1S/C33H51N/c1-9-14-20-30(17-11-3)34(27(8)25(6)16-10-2)31-23-21-29(22-24-31)32(13-5)33-26(7)18-15-19-28(33)12-4/h9-11,14-17,19-21,23,25-28,32-33H,12-13,18,22,24H2,1-8H3/b14-9-,16-10+,17-11-,30-20+/t25?,26-,27?,28?,32?,33?/m0/s1. The van der Waals surface area contributed by atoms with E-state index in [9.17, 15) is 0 Å². The van der Waals surface area contributed by atoms with Crippen LogP contribution in [0.2, 0.25) is 0 Å². The highest BCUT2D eigenvalue weighted by Crippen LogP contribution is 2.44. The Balaban J connectivity index is 2.44. The lowest BCUT2D eigenvalue weighted by Crippen LogP contribution is -2.36. The fraction of sp³-hybridized carbons (Fsp3) is 0.576. The zero-order valence-electron chi connectivity index (χ0n) is 23.3. The van der Waals surface area contributed by atoms with Gasteiger partial charge in [0, 0.05) is 17.4 Å². The van der Waals surface area contributed by atoms with E-state index < -0.39 is 0 Å². The van der Waals surface area contributed by atoms with Gasteiger partial charge in [0.2, 0.25) is 0 Å². The van der Waals surface area contributed by atoms with E-state index in [4.69, 9.17) is 0 Å². The van der Waals surface area contributed by atoms with Crippen molar-refractivity contribution in [2.45, 2.75) is 93.5 Å². The lowest BCUT2D eigenvalue weighted by molar-refractivity contribution is 0.182. The van der Waals surface area contributed by atoms with E-state index in [0.717, 1.165) is 24.2 Å². The van der Waals surface area contributed by atoms with Crippen LogP contribution in [0.1, 0.15) is 87.5 Å². The molecule has 0 aliphatic heterocycles. The highest BCUT2D eigenvalue weighted by Gasteiger charge is 2.35. The molecule has 0 bridgehead atoms. The molecule has 2 aliphatic rings. The molecule has 0 aromatic rings. The summed E-state index contributed by atoms with van der Waals surface area (Å²) in [4.78, 5) is 2.58. The van der Waals surface area contributed by atoms with Crippen LogP contribution in [0.15, 0.2) is 83.8 Å². The Morgan fingerprint density at radius 1 is 1.06 bits per heavy atom. The molecule has 0 heterocycles. The van der Waals surface area contributed by atoms with Gasteiger partial charge in [-0.25, -0.2) is 0 Å². The molecule has 6 atom stereocenters. The first-order chi connectivity index (χ1) is 16.4. The summed E-state index contributed by atoms with van der Waals surface area (Å²) in [7, 11) is 0. The summed E-state index contributed by atoms with van der Waals surface area (Å²) in [6.07, 6.45) is 31.4. The first-order valence-electron chi connectivity index (χ1n) is 13.9. The van der Waals surface area contributed by atoms with Gasteiger partial charge in [0.05, 0.1) is 0 Å². The molecule has 0 N–H and O–H groups in total. The summed E-state index contributed by atoms with van der Waals surface area (Å²) < 4.78 is 0. The summed E-state index contributed by atoms with van der Waals surface area (Å²) in [5, 5.41) is 0. The lowest BCUT2D eigenvalue weighted by atomic mass is 9.65. The number of nitrogens with zero attached hydrogens (tertiary/aromatic N) is 1. The van der Waals surface area contributed by atoms with Crippen molar-refractivity contribution in [2.75, 3.05) is 0 Å². The second kappa shape index (κ2) is 14.4. The number of allylic oxidation sites excluding steroid dienone is 12. The van der Waals surface area contributed by atoms with Crippen molar-refractivity contribution >= 4 is 0 Å². The monoisotopic (exact) mass is 461 g/mol. The first-order valence-corrected chi connectivity index (χ1v) is 13.9. The van der Waals surface area contributed by atoms with E-state index in [-0.39, 0.29) is 0 Å². The molecule has 188 valence electrons. The molecule has 0 aromatic carbocycles. The molecule has 0 saturated carbocycles. The van der Waals surface area contributed by atoms with E-state index in [0.29, 0.717) is 17.9 Å². The van der Waals surface area contributed by atoms with Crippen molar-refractivity contribution in [3.8, 4) is 0 Å². The lowest BCUT2D eigenvalue weighted by Gasteiger charge is -2.41. The Labute approximate surface area is 211 Å². The van der Waals surface area contributed by atoms with Crippen LogP contribution >= 0.6 is 0 Å². The van der Waals surface area contributed by atoms with Gasteiger partial charge in [0.25, 0.3) is 0 Å². The Kier molecular flexibility index (Phi) is 11.9. The van der Waals surface area contributed by atoms with Crippen molar-refractivity contribution in [1.29, 1.82) is 0 Å². The molecule has 5 unspecified atom stereocenters. The van der Waals surface area contributed by atoms with Crippen LogP contribution in [0, 0.1) is 29.6 Å². The quantitative estimate of drug-likeness (QED) is 0.218. The van der Waals surface area contributed by atoms with Gasteiger partial charge in [-0.2, -0.15) is 0 Å². The molecular formula is C33H51N. The predicted molar refractivity (Wildman–Crippen MR) is 152 cm³/mol. The Morgan fingerprint density at radius 3 is 2.38 bits per heavy atom. The topological polar surface area (TPSA) is 3.24 Å². The molecule has 1 nitrogen and oxygen atoms in total.